The van der Waals surface area contributed by atoms with E-state index >= 15 is 0 Å². The number of allylic oxidation sites excluding steroid dienone is 2. The molecule has 150 valence electrons. The van der Waals surface area contributed by atoms with E-state index in [0.29, 0.717) is 6.17 Å². The molecule has 4 heteroatoms. The van der Waals surface area contributed by atoms with E-state index in [1.807, 2.05) is 0 Å². The summed E-state index contributed by atoms with van der Waals surface area (Å²) in [5, 5.41) is 3.10. The summed E-state index contributed by atoms with van der Waals surface area (Å²) in [4.78, 5) is 16.2. The van der Waals surface area contributed by atoms with Crippen LogP contribution in [0.4, 0.5) is 0 Å². The number of nitrogens with zero attached hydrogens (tertiary/aromatic N) is 2. The van der Waals surface area contributed by atoms with Crippen LogP contribution in [0, 0.1) is 0 Å². The minimum Gasteiger partial charge on any atom is -0.307 e. The number of hydrogen-bond acceptors (Lipinski definition) is 2. The van der Waals surface area contributed by atoms with Crippen LogP contribution < -0.4 is 5.32 Å². The second kappa shape index (κ2) is 13.1. The van der Waals surface area contributed by atoms with Gasteiger partial charge in [-0.1, -0.05) is 51.2 Å². The van der Waals surface area contributed by atoms with Gasteiger partial charge in [-0.15, -0.1) is 0 Å². The van der Waals surface area contributed by atoms with E-state index in [1.54, 1.807) is 6.92 Å². The Bertz CT molecular complexity index is 447. The molecule has 0 radical (unpaired) electrons. The molecule has 0 spiro atoms. The SMILES string of the molecule is CCC/C=C/CCCCCCCCC1N=CC[N+]1(CC)C(C)NC(C)=O. The number of amides is 1. The molecule has 0 aromatic carbocycles. The minimum atomic E-state index is 0.0543. The second-order valence-electron chi connectivity index (χ2n) is 7.75. The van der Waals surface area contributed by atoms with Crippen LogP contribution in [0.1, 0.15) is 91.9 Å². The van der Waals surface area contributed by atoms with E-state index in [9.17, 15) is 4.79 Å². The summed E-state index contributed by atoms with van der Waals surface area (Å²) >= 11 is 0. The highest BCUT2D eigenvalue weighted by Gasteiger charge is 2.42. The van der Waals surface area contributed by atoms with Crippen LogP contribution in [-0.2, 0) is 4.79 Å². The Morgan fingerprint density at radius 1 is 1.15 bits per heavy atom. The van der Waals surface area contributed by atoms with Gasteiger partial charge in [-0.05, 0) is 32.6 Å². The topological polar surface area (TPSA) is 41.5 Å². The van der Waals surface area contributed by atoms with Crippen molar-refractivity contribution in [1.29, 1.82) is 0 Å². The first-order valence-electron chi connectivity index (χ1n) is 10.9. The summed E-state index contributed by atoms with van der Waals surface area (Å²) in [5.74, 6) is 0.0543. The van der Waals surface area contributed by atoms with Gasteiger partial charge in [-0.2, -0.15) is 0 Å². The lowest BCUT2D eigenvalue weighted by molar-refractivity contribution is -0.959. The van der Waals surface area contributed by atoms with E-state index < -0.39 is 0 Å². The Labute approximate surface area is 161 Å². The maximum absolute atomic E-state index is 11.5. The third kappa shape index (κ3) is 7.61. The van der Waals surface area contributed by atoms with Crippen LogP contribution in [0.2, 0.25) is 0 Å². The largest absolute Gasteiger partial charge is 0.307 e. The Morgan fingerprint density at radius 3 is 2.46 bits per heavy atom. The molecule has 3 unspecified atom stereocenters. The van der Waals surface area contributed by atoms with Crippen LogP contribution in [-0.4, -0.2) is 42.0 Å². The zero-order valence-corrected chi connectivity index (χ0v) is 17.7. The molecule has 0 saturated carbocycles. The molecule has 0 aromatic heterocycles. The highest BCUT2D eigenvalue weighted by atomic mass is 16.1. The van der Waals surface area contributed by atoms with Crippen molar-refractivity contribution in [2.24, 2.45) is 4.99 Å². The number of unbranched alkanes of at least 4 members (excludes halogenated alkanes) is 7. The van der Waals surface area contributed by atoms with Gasteiger partial charge in [0.2, 0.25) is 5.91 Å². The van der Waals surface area contributed by atoms with Crippen LogP contribution in [0.3, 0.4) is 0 Å². The quantitative estimate of drug-likeness (QED) is 0.257. The van der Waals surface area contributed by atoms with Gasteiger partial charge in [0.25, 0.3) is 0 Å². The van der Waals surface area contributed by atoms with Crippen molar-refractivity contribution in [1.82, 2.24) is 5.32 Å². The lowest BCUT2D eigenvalue weighted by Crippen LogP contribution is -2.63. The average Bonchev–Trinajstić information content (AvgIpc) is 3.03. The van der Waals surface area contributed by atoms with E-state index in [4.69, 9.17) is 4.99 Å². The average molecular weight is 365 g/mol. The van der Waals surface area contributed by atoms with Crippen molar-refractivity contribution in [3.05, 3.63) is 12.2 Å². The maximum Gasteiger partial charge on any atom is 0.221 e. The van der Waals surface area contributed by atoms with Crippen LogP contribution in [0.25, 0.3) is 0 Å². The van der Waals surface area contributed by atoms with Gasteiger partial charge in [0.05, 0.1) is 12.8 Å². The van der Waals surface area contributed by atoms with Crippen LogP contribution in [0.5, 0.6) is 0 Å². The molecule has 0 aromatic rings. The van der Waals surface area contributed by atoms with Crippen molar-refractivity contribution < 1.29 is 9.28 Å². The lowest BCUT2D eigenvalue weighted by atomic mass is 10.1. The fourth-order valence-corrected chi connectivity index (χ4v) is 4.06. The molecule has 1 amide bonds. The zero-order chi connectivity index (χ0) is 19.3. The number of carbonyl (C=O) groups excluding carboxylic acids is 1. The third-order valence-corrected chi connectivity index (χ3v) is 5.77. The van der Waals surface area contributed by atoms with Crippen molar-refractivity contribution in [3.63, 3.8) is 0 Å². The van der Waals surface area contributed by atoms with Gasteiger partial charge in [-0.25, -0.2) is 4.99 Å². The van der Waals surface area contributed by atoms with Gasteiger partial charge in [0, 0.05) is 20.3 Å². The van der Waals surface area contributed by atoms with Gasteiger partial charge >= 0.3 is 0 Å². The normalized spacial score (nSPS) is 23.6. The summed E-state index contributed by atoms with van der Waals surface area (Å²) in [6.45, 7) is 10.1. The highest BCUT2D eigenvalue weighted by Crippen LogP contribution is 2.27. The Kier molecular flexibility index (Phi) is 11.5. The predicted molar refractivity (Wildman–Crippen MR) is 112 cm³/mol. The lowest BCUT2D eigenvalue weighted by Gasteiger charge is -2.42. The number of quaternary nitrogens is 1. The first-order valence-corrected chi connectivity index (χ1v) is 10.9. The Balaban J connectivity index is 2.21. The Morgan fingerprint density at radius 2 is 1.81 bits per heavy atom. The molecular weight excluding hydrogens is 322 g/mol. The molecule has 4 nitrogen and oxygen atoms in total. The monoisotopic (exact) mass is 364 g/mol. The number of nitrogens with one attached hydrogen (secondary N) is 1. The van der Waals surface area contributed by atoms with E-state index in [0.717, 1.165) is 24.0 Å². The summed E-state index contributed by atoms with van der Waals surface area (Å²) in [6, 6.07) is 0. The number of hydrogen-bond donors (Lipinski definition) is 1. The third-order valence-electron chi connectivity index (χ3n) is 5.77. The van der Waals surface area contributed by atoms with Crippen molar-refractivity contribution in [3.8, 4) is 0 Å². The van der Waals surface area contributed by atoms with Crippen molar-refractivity contribution in [2.45, 2.75) is 104 Å². The molecule has 1 heterocycles. The van der Waals surface area contributed by atoms with Crippen LogP contribution >= 0.6 is 0 Å². The molecule has 1 rings (SSSR count). The molecule has 1 aliphatic heterocycles. The van der Waals surface area contributed by atoms with Crippen LogP contribution in [0.15, 0.2) is 17.1 Å². The fraction of sp³-hybridized carbons (Fsp3) is 0.818. The van der Waals surface area contributed by atoms with Gasteiger partial charge in [-0.3, -0.25) is 9.28 Å². The van der Waals surface area contributed by atoms with Gasteiger partial charge in [0.15, 0.2) is 12.3 Å². The molecule has 0 bridgehead atoms. The maximum atomic E-state index is 11.5. The molecule has 3 atom stereocenters. The smallest absolute Gasteiger partial charge is 0.221 e. The molecule has 0 saturated heterocycles. The van der Waals surface area contributed by atoms with E-state index in [2.05, 4.69) is 44.5 Å². The molecule has 1 N–H and O–H groups in total. The molecule has 0 fully saturated rings. The van der Waals surface area contributed by atoms with Crippen molar-refractivity contribution in [2.75, 3.05) is 13.1 Å². The first-order chi connectivity index (χ1) is 12.6. The highest BCUT2D eigenvalue weighted by molar-refractivity contribution is 5.73. The van der Waals surface area contributed by atoms with Crippen molar-refractivity contribution >= 4 is 12.1 Å². The number of aliphatic imine (C=N–C) groups is 1. The van der Waals surface area contributed by atoms with E-state index in [-0.39, 0.29) is 12.1 Å². The summed E-state index contributed by atoms with van der Waals surface area (Å²) in [6.07, 6.45) is 19.9. The predicted octanol–water partition coefficient (Wildman–Crippen LogP) is 5.19. The Hall–Kier alpha value is -1.16. The van der Waals surface area contributed by atoms with E-state index in [1.165, 1.54) is 57.8 Å². The zero-order valence-electron chi connectivity index (χ0n) is 17.7. The standard InChI is InChI=1S/C22H41N3O/c1-5-7-8-9-10-11-12-13-14-15-16-17-22-23-18-19-25(22,6-2)20(3)24-21(4)26/h8-9,18,20,22H,5-7,10-17,19H2,1-4H3/p+1/b9-8+. The number of carbonyl (C=O) groups is 1. The van der Waals surface area contributed by atoms with Gasteiger partial charge in [0.1, 0.15) is 6.54 Å². The minimum absolute atomic E-state index is 0.0543. The molecule has 0 aliphatic carbocycles. The summed E-state index contributed by atoms with van der Waals surface area (Å²) < 4.78 is 0.879. The summed E-state index contributed by atoms with van der Waals surface area (Å²) in [7, 11) is 0. The second-order valence-corrected chi connectivity index (χ2v) is 7.75. The molecule has 26 heavy (non-hydrogen) atoms. The molecular formula is C22H42N3O+. The fourth-order valence-electron chi connectivity index (χ4n) is 4.06. The van der Waals surface area contributed by atoms with Gasteiger partial charge < -0.3 is 5.32 Å². The number of rotatable bonds is 14. The first kappa shape index (κ1) is 22.9. The molecule has 1 aliphatic rings. The summed E-state index contributed by atoms with van der Waals surface area (Å²) in [5.41, 5.74) is 0.